The van der Waals surface area contributed by atoms with Gasteiger partial charge in [0.1, 0.15) is 0 Å². The SMILES string of the molecule is COC(=O)CC(Cc1ccc(-c2ccccc2)cc1)NCP(=O)(OC)OC. The van der Waals surface area contributed by atoms with Crippen LogP contribution in [0.25, 0.3) is 11.1 Å². The Balaban J connectivity index is 2.07. The smallest absolute Gasteiger partial charge is 0.343 e. The van der Waals surface area contributed by atoms with Crippen molar-refractivity contribution in [3.05, 3.63) is 60.2 Å². The normalized spacial score (nSPS) is 12.6. The number of carbonyl (C=O) groups is 1. The van der Waals surface area contributed by atoms with Gasteiger partial charge >= 0.3 is 13.6 Å². The lowest BCUT2D eigenvalue weighted by atomic mass is 9.99. The van der Waals surface area contributed by atoms with Crippen LogP contribution in [-0.2, 0) is 29.6 Å². The molecule has 0 fully saturated rings. The van der Waals surface area contributed by atoms with E-state index in [1.165, 1.54) is 21.3 Å². The van der Waals surface area contributed by atoms with Crippen molar-refractivity contribution in [3.8, 4) is 11.1 Å². The van der Waals surface area contributed by atoms with Crippen LogP contribution >= 0.6 is 7.60 Å². The van der Waals surface area contributed by atoms with Crippen molar-refractivity contribution < 1.29 is 23.1 Å². The van der Waals surface area contributed by atoms with Crippen LogP contribution < -0.4 is 5.32 Å². The maximum Gasteiger partial charge on any atom is 0.343 e. The minimum atomic E-state index is -3.20. The standard InChI is InChI=1S/C20H26NO5P/c1-24-20(22)14-19(21-15-27(23,25-2)26-3)13-16-9-11-18(12-10-16)17-7-5-4-6-8-17/h4-12,19,21H,13-15H2,1-3H3. The van der Waals surface area contributed by atoms with Crippen LogP contribution in [0.3, 0.4) is 0 Å². The maximum absolute atomic E-state index is 12.2. The fourth-order valence-electron chi connectivity index (χ4n) is 2.69. The molecule has 0 heterocycles. The van der Waals surface area contributed by atoms with Crippen molar-refractivity contribution >= 4 is 13.6 Å². The predicted octanol–water partition coefficient (Wildman–Crippen LogP) is 3.86. The minimum absolute atomic E-state index is 0.0176. The molecule has 1 N–H and O–H groups in total. The van der Waals surface area contributed by atoms with E-state index >= 15 is 0 Å². The van der Waals surface area contributed by atoms with Gasteiger partial charge in [0.2, 0.25) is 0 Å². The van der Waals surface area contributed by atoms with E-state index in [4.69, 9.17) is 13.8 Å². The van der Waals surface area contributed by atoms with E-state index < -0.39 is 7.60 Å². The quantitative estimate of drug-likeness (QED) is 0.490. The van der Waals surface area contributed by atoms with Crippen molar-refractivity contribution in [1.82, 2.24) is 5.32 Å². The average molecular weight is 391 g/mol. The third kappa shape index (κ3) is 6.60. The Morgan fingerprint density at radius 1 is 0.963 bits per heavy atom. The molecule has 2 aromatic rings. The van der Waals surface area contributed by atoms with Crippen LogP contribution in [0.15, 0.2) is 54.6 Å². The topological polar surface area (TPSA) is 73.9 Å². The van der Waals surface area contributed by atoms with Crippen molar-refractivity contribution in [2.75, 3.05) is 27.6 Å². The van der Waals surface area contributed by atoms with Gasteiger partial charge in [-0.15, -0.1) is 0 Å². The van der Waals surface area contributed by atoms with E-state index in [0.29, 0.717) is 6.42 Å². The molecule has 0 aliphatic rings. The zero-order valence-electron chi connectivity index (χ0n) is 15.9. The van der Waals surface area contributed by atoms with E-state index in [9.17, 15) is 9.36 Å². The van der Waals surface area contributed by atoms with Gasteiger partial charge in [0.15, 0.2) is 0 Å². The molecule has 6 nitrogen and oxygen atoms in total. The van der Waals surface area contributed by atoms with Crippen LogP contribution in [0.5, 0.6) is 0 Å². The zero-order valence-corrected chi connectivity index (χ0v) is 16.8. The van der Waals surface area contributed by atoms with Gasteiger partial charge in [-0.2, -0.15) is 0 Å². The summed E-state index contributed by atoms with van der Waals surface area (Å²) in [6.07, 6.45) is 0.756. The Bertz CT molecular complexity index is 756. The minimum Gasteiger partial charge on any atom is -0.469 e. The van der Waals surface area contributed by atoms with Crippen molar-refractivity contribution in [1.29, 1.82) is 0 Å². The molecule has 2 rings (SSSR count). The van der Waals surface area contributed by atoms with Crippen LogP contribution in [0.4, 0.5) is 0 Å². The van der Waals surface area contributed by atoms with Gasteiger partial charge in [0, 0.05) is 20.3 Å². The first kappa shape index (κ1) is 21.3. The van der Waals surface area contributed by atoms with Crippen molar-refractivity contribution in [3.63, 3.8) is 0 Å². The lowest BCUT2D eigenvalue weighted by Crippen LogP contribution is -2.34. The van der Waals surface area contributed by atoms with Crippen LogP contribution in [-0.4, -0.2) is 39.6 Å². The van der Waals surface area contributed by atoms with Crippen molar-refractivity contribution in [2.45, 2.75) is 18.9 Å². The van der Waals surface area contributed by atoms with E-state index in [2.05, 4.69) is 29.6 Å². The molecule has 0 spiro atoms. The fraction of sp³-hybridized carbons (Fsp3) is 0.350. The zero-order chi connectivity index (χ0) is 19.7. The second-order valence-corrected chi connectivity index (χ2v) is 8.35. The number of methoxy groups -OCH3 is 1. The summed E-state index contributed by atoms with van der Waals surface area (Å²) in [5, 5.41) is 3.11. The number of ether oxygens (including phenoxy) is 1. The molecule has 1 unspecified atom stereocenters. The van der Waals surface area contributed by atoms with E-state index in [0.717, 1.165) is 16.7 Å². The summed E-state index contributed by atoms with van der Waals surface area (Å²) >= 11 is 0. The summed E-state index contributed by atoms with van der Waals surface area (Å²) < 4.78 is 26.9. The van der Waals surface area contributed by atoms with Crippen molar-refractivity contribution in [2.24, 2.45) is 0 Å². The van der Waals surface area contributed by atoms with Gasteiger partial charge < -0.3 is 19.1 Å². The number of benzene rings is 2. The number of nitrogens with one attached hydrogen (secondary N) is 1. The summed E-state index contributed by atoms with van der Waals surface area (Å²) in [7, 11) is 0.821. The highest BCUT2D eigenvalue weighted by atomic mass is 31.2. The average Bonchev–Trinajstić information content (AvgIpc) is 2.72. The fourth-order valence-corrected chi connectivity index (χ4v) is 3.58. The second kappa shape index (κ2) is 10.4. The lowest BCUT2D eigenvalue weighted by molar-refractivity contribution is -0.141. The van der Waals surface area contributed by atoms with E-state index in [-0.39, 0.29) is 24.7 Å². The molecule has 0 saturated heterocycles. The molecular weight excluding hydrogens is 365 g/mol. The van der Waals surface area contributed by atoms with E-state index in [1.54, 1.807) is 0 Å². The van der Waals surface area contributed by atoms with Gasteiger partial charge in [0.25, 0.3) is 0 Å². The monoisotopic (exact) mass is 391 g/mol. The summed E-state index contributed by atoms with van der Waals surface area (Å²) in [6, 6.07) is 18.0. The Kier molecular flexibility index (Phi) is 8.20. The van der Waals surface area contributed by atoms with Gasteiger partial charge in [0.05, 0.1) is 19.8 Å². The Morgan fingerprint density at radius 2 is 1.56 bits per heavy atom. The molecule has 146 valence electrons. The summed E-state index contributed by atoms with van der Waals surface area (Å²) in [5.74, 6) is -0.335. The maximum atomic E-state index is 12.2. The number of hydrogen-bond acceptors (Lipinski definition) is 6. The van der Waals surface area contributed by atoms with Gasteiger partial charge in [-0.05, 0) is 23.1 Å². The van der Waals surface area contributed by atoms with Gasteiger partial charge in [-0.25, -0.2) is 0 Å². The van der Waals surface area contributed by atoms with Gasteiger partial charge in [-0.3, -0.25) is 9.36 Å². The molecule has 0 bridgehead atoms. The molecule has 1 atom stereocenters. The molecule has 0 radical (unpaired) electrons. The predicted molar refractivity (Wildman–Crippen MR) is 106 cm³/mol. The summed E-state index contributed by atoms with van der Waals surface area (Å²) in [4.78, 5) is 11.7. The molecule has 0 aromatic heterocycles. The lowest BCUT2D eigenvalue weighted by Gasteiger charge is -2.21. The number of hydrogen-bond donors (Lipinski definition) is 1. The number of carbonyl (C=O) groups excluding carboxylic acids is 1. The summed E-state index contributed by atoms with van der Waals surface area (Å²) in [5.41, 5.74) is 3.33. The first-order valence-electron chi connectivity index (χ1n) is 8.64. The Labute approximate surface area is 160 Å². The highest BCUT2D eigenvalue weighted by Crippen LogP contribution is 2.45. The molecule has 0 aliphatic carbocycles. The molecule has 7 heteroatoms. The highest BCUT2D eigenvalue weighted by molar-refractivity contribution is 7.53. The molecule has 2 aromatic carbocycles. The van der Waals surface area contributed by atoms with Crippen LogP contribution in [0, 0.1) is 0 Å². The molecular formula is C20H26NO5P. The molecule has 0 amide bonds. The molecule has 27 heavy (non-hydrogen) atoms. The third-order valence-corrected chi connectivity index (χ3v) is 6.00. The highest BCUT2D eigenvalue weighted by Gasteiger charge is 2.24. The van der Waals surface area contributed by atoms with Gasteiger partial charge in [-0.1, -0.05) is 54.6 Å². The number of esters is 1. The summed E-state index contributed by atoms with van der Waals surface area (Å²) in [6.45, 7) is 0. The Hall–Kier alpha value is -1.98. The molecule has 0 saturated carbocycles. The number of rotatable bonds is 10. The second-order valence-electron chi connectivity index (χ2n) is 6.08. The third-order valence-electron chi connectivity index (χ3n) is 4.31. The largest absolute Gasteiger partial charge is 0.469 e. The first-order chi connectivity index (χ1) is 13.0. The van der Waals surface area contributed by atoms with E-state index in [1.807, 2.05) is 30.3 Å². The molecule has 0 aliphatic heterocycles. The van der Waals surface area contributed by atoms with Crippen LogP contribution in [0.1, 0.15) is 12.0 Å². The van der Waals surface area contributed by atoms with Crippen LogP contribution in [0.2, 0.25) is 0 Å². The first-order valence-corrected chi connectivity index (χ1v) is 10.4. The Morgan fingerprint density at radius 3 is 2.11 bits per heavy atom.